The Balaban J connectivity index is 1.57. The van der Waals surface area contributed by atoms with Crippen LogP contribution in [0.5, 0.6) is 11.5 Å². The summed E-state index contributed by atoms with van der Waals surface area (Å²) in [4.78, 5) is 42.5. The minimum absolute atomic E-state index is 0.0215. The molecule has 13 nitrogen and oxygen atoms in total. The van der Waals surface area contributed by atoms with Gasteiger partial charge < -0.3 is 14.8 Å². The Hall–Kier alpha value is -6.18. The smallest absolute Gasteiger partial charge is 0.344 e. The van der Waals surface area contributed by atoms with Crippen LogP contribution in [0.3, 0.4) is 0 Å². The Bertz CT molecular complexity index is 2030. The fraction of sp³-hybridized carbons (Fsp3) is 0.129. The first kappa shape index (κ1) is 30.3. The lowest BCUT2D eigenvalue weighted by Gasteiger charge is -2.13. The number of nitro groups is 1. The van der Waals surface area contributed by atoms with Crippen molar-refractivity contribution in [2.45, 2.75) is 13.3 Å². The molecule has 0 spiro atoms. The highest BCUT2D eigenvalue weighted by Gasteiger charge is 2.25. The molecule has 4 aromatic carbocycles. The Labute approximate surface area is 254 Å². The maximum absolute atomic E-state index is 13.8. The monoisotopic (exact) mass is 612 g/mol. The number of ether oxygens (including phenoxy) is 1. The van der Waals surface area contributed by atoms with Crippen molar-refractivity contribution < 1.29 is 28.7 Å². The van der Waals surface area contributed by atoms with Crippen LogP contribution in [0.1, 0.15) is 27.2 Å². The van der Waals surface area contributed by atoms with Gasteiger partial charge in [0.1, 0.15) is 5.82 Å². The van der Waals surface area contributed by atoms with Crippen LogP contribution in [-0.2, 0) is 6.42 Å². The number of benzene rings is 4. The lowest BCUT2D eigenvalue weighted by atomic mass is 9.95. The van der Waals surface area contributed by atoms with Gasteiger partial charge in [-0.1, -0.05) is 42.5 Å². The molecule has 5 rings (SSSR count). The van der Waals surface area contributed by atoms with E-state index in [4.69, 9.17) is 9.57 Å². The van der Waals surface area contributed by atoms with Gasteiger partial charge in [-0.3, -0.25) is 14.9 Å². The van der Waals surface area contributed by atoms with E-state index in [2.05, 4.69) is 15.5 Å². The Kier molecular flexibility index (Phi) is 8.47. The number of hydrogen-bond acceptors (Lipinski definition) is 9. The van der Waals surface area contributed by atoms with Crippen LogP contribution in [0.25, 0.3) is 21.9 Å². The fourth-order valence-corrected chi connectivity index (χ4v) is 4.53. The topological polar surface area (TPSA) is 166 Å². The maximum Gasteiger partial charge on any atom is 0.344 e. The molecular weight excluding hydrogens is 587 g/mol. The van der Waals surface area contributed by atoms with Crippen LogP contribution in [0.15, 0.2) is 88.9 Å². The van der Waals surface area contributed by atoms with Gasteiger partial charge in [0.05, 0.1) is 40.6 Å². The summed E-state index contributed by atoms with van der Waals surface area (Å²) >= 11 is 0. The Morgan fingerprint density at radius 2 is 1.71 bits per heavy atom. The van der Waals surface area contributed by atoms with Gasteiger partial charge in [0.25, 0.3) is 5.56 Å². The number of nitro benzene ring substituents is 1. The van der Waals surface area contributed by atoms with Crippen LogP contribution in [0, 0.1) is 28.1 Å². The average molecular weight is 613 g/mol. The number of aromatic nitrogens is 2. The second kappa shape index (κ2) is 12.6. The molecule has 0 saturated heterocycles. The number of H-pyrrole nitrogens is 1. The third kappa shape index (κ3) is 6.59. The van der Waals surface area contributed by atoms with Crippen molar-refractivity contribution in [1.29, 1.82) is 0 Å². The van der Waals surface area contributed by atoms with Crippen LogP contribution in [-0.4, -0.2) is 45.2 Å². The zero-order valence-electron chi connectivity index (χ0n) is 24.2. The number of nitrogens with zero attached hydrogens (tertiary/aromatic N) is 5. The molecule has 0 radical (unpaired) electrons. The van der Waals surface area contributed by atoms with Gasteiger partial charge in [-0.25, -0.2) is 14.3 Å². The number of aromatic amines is 1. The Morgan fingerprint density at radius 3 is 2.40 bits per heavy atom. The number of carbonyl (C=O) groups excluding carboxylic acids is 1. The summed E-state index contributed by atoms with van der Waals surface area (Å²) in [6, 6.07) is 19.6. The first-order chi connectivity index (χ1) is 21.5. The molecule has 1 aromatic heterocycles. The van der Waals surface area contributed by atoms with Gasteiger partial charge in [0, 0.05) is 29.5 Å². The number of aryl methyl sites for hydroxylation is 1. The van der Waals surface area contributed by atoms with E-state index >= 15 is 0 Å². The molecule has 0 saturated carbocycles. The SMILES string of the molecule is Cc1cc([N+](=O)[O-])c(OC(=O)c2cc(Cc3n[nH]c(=O)c4ccccc34)ccc2-c2ccc(F)cc2)cc1O/N=[N+](\[O-])N(C)C. The number of halogens is 1. The molecule has 0 aliphatic rings. The van der Waals surface area contributed by atoms with Crippen molar-refractivity contribution in [1.82, 2.24) is 15.2 Å². The van der Waals surface area contributed by atoms with E-state index in [1.165, 1.54) is 45.3 Å². The van der Waals surface area contributed by atoms with E-state index < -0.39 is 28.1 Å². The molecular formula is C31H25FN6O7. The van der Waals surface area contributed by atoms with E-state index in [0.717, 1.165) is 17.1 Å². The molecule has 0 unspecified atom stereocenters. The molecule has 0 amide bonds. The number of fused-ring (bicyclic) bond motifs is 1. The van der Waals surface area contributed by atoms with Gasteiger partial charge >= 0.3 is 11.7 Å². The van der Waals surface area contributed by atoms with Crippen LogP contribution >= 0.6 is 0 Å². The lowest BCUT2D eigenvalue weighted by Crippen LogP contribution is -2.21. The molecule has 5 aromatic rings. The van der Waals surface area contributed by atoms with Gasteiger partial charge in [0.15, 0.2) is 5.75 Å². The number of carbonyl (C=O) groups is 1. The second-order valence-corrected chi connectivity index (χ2v) is 10.1. The molecule has 0 bridgehead atoms. The Morgan fingerprint density at radius 1 is 1.00 bits per heavy atom. The molecule has 0 aliphatic carbocycles. The zero-order valence-corrected chi connectivity index (χ0v) is 24.2. The van der Waals surface area contributed by atoms with Gasteiger partial charge in [-0.2, -0.15) is 10.1 Å². The molecule has 45 heavy (non-hydrogen) atoms. The molecule has 1 heterocycles. The minimum atomic E-state index is -0.955. The summed E-state index contributed by atoms with van der Waals surface area (Å²) in [7, 11) is 2.86. The van der Waals surface area contributed by atoms with Crippen molar-refractivity contribution in [2.24, 2.45) is 5.28 Å². The highest BCUT2D eigenvalue weighted by atomic mass is 19.1. The standard InChI is InChI=1S/C31H25FN6O7/c1-18-14-27(37(41)42)29(17-28(18)45-35-38(43)36(2)3)44-31(40)25-15-19(8-13-22(25)20-9-11-21(32)12-10-20)16-26-23-6-4-5-7-24(23)30(39)34-33-26/h4-15,17H,16H2,1-3H3,(H,34,39)/b38-35-. The lowest BCUT2D eigenvalue weighted by molar-refractivity contribution is -0.695. The largest absolute Gasteiger partial charge is 0.569 e. The van der Waals surface area contributed by atoms with Crippen LogP contribution < -0.4 is 15.1 Å². The molecule has 14 heteroatoms. The molecule has 0 aliphatic heterocycles. The summed E-state index contributed by atoms with van der Waals surface area (Å²) in [6.07, 6.45) is 0.211. The number of hydrazine groups is 1. The van der Waals surface area contributed by atoms with Crippen LogP contribution in [0.4, 0.5) is 10.1 Å². The number of rotatable bonds is 9. The average Bonchev–Trinajstić information content (AvgIpc) is 3.02. The van der Waals surface area contributed by atoms with Crippen molar-refractivity contribution in [3.05, 3.63) is 133 Å². The van der Waals surface area contributed by atoms with E-state index in [1.54, 1.807) is 42.5 Å². The zero-order chi connectivity index (χ0) is 32.2. The molecule has 228 valence electrons. The second-order valence-electron chi connectivity index (χ2n) is 10.1. The van der Waals surface area contributed by atoms with Gasteiger partial charge in [0.2, 0.25) is 11.0 Å². The van der Waals surface area contributed by atoms with E-state index in [-0.39, 0.29) is 33.8 Å². The van der Waals surface area contributed by atoms with Crippen molar-refractivity contribution in [3.8, 4) is 22.6 Å². The third-order valence-corrected chi connectivity index (χ3v) is 6.81. The minimum Gasteiger partial charge on any atom is -0.569 e. The summed E-state index contributed by atoms with van der Waals surface area (Å²) in [5.41, 5.74) is 1.43. The van der Waals surface area contributed by atoms with E-state index in [0.29, 0.717) is 33.2 Å². The molecule has 0 atom stereocenters. The third-order valence-electron chi connectivity index (χ3n) is 6.81. The predicted molar refractivity (Wildman–Crippen MR) is 160 cm³/mol. The van der Waals surface area contributed by atoms with Crippen molar-refractivity contribution in [3.63, 3.8) is 0 Å². The predicted octanol–water partition coefficient (Wildman–Crippen LogP) is 5.49. The van der Waals surface area contributed by atoms with Crippen molar-refractivity contribution in [2.75, 3.05) is 14.1 Å². The first-order valence-electron chi connectivity index (χ1n) is 13.4. The highest BCUT2D eigenvalue weighted by Crippen LogP contribution is 2.36. The van der Waals surface area contributed by atoms with Crippen molar-refractivity contribution >= 4 is 22.4 Å². The summed E-state index contributed by atoms with van der Waals surface area (Å²) in [6.45, 7) is 1.50. The van der Waals surface area contributed by atoms with Crippen LogP contribution in [0.2, 0.25) is 0 Å². The van der Waals surface area contributed by atoms with Gasteiger partial charge in [-0.15, -0.1) is 0 Å². The summed E-state index contributed by atoms with van der Waals surface area (Å²) < 4.78 is 19.3. The number of esters is 1. The molecule has 0 fully saturated rings. The van der Waals surface area contributed by atoms with E-state index in [9.17, 15) is 29.3 Å². The van der Waals surface area contributed by atoms with E-state index in [1.807, 2.05) is 0 Å². The summed E-state index contributed by atoms with van der Waals surface area (Å²) in [5.74, 6) is -1.94. The van der Waals surface area contributed by atoms with Gasteiger partial charge in [-0.05, 0) is 47.9 Å². The highest BCUT2D eigenvalue weighted by molar-refractivity contribution is 5.99. The maximum atomic E-state index is 13.8. The first-order valence-corrected chi connectivity index (χ1v) is 13.4. The number of nitrogens with one attached hydrogen (secondary N) is 1. The number of hydrogen-bond donors (Lipinski definition) is 1. The summed E-state index contributed by atoms with van der Waals surface area (Å²) in [5, 5.41) is 35.9. The normalized spacial score (nSPS) is 11.3. The quantitative estimate of drug-likeness (QED) is 0.0566. The molecule has 1 N–H and O–H groups in total. The fourth-order valence-electron chi connectivity index (χ4n) is 4.53.